The highest BCUT2D eigenvalue weighted by Crippen LogP contribution is 2.32. The summed E-state index contributed by atoms with van der Waals surface area (Å²) in [6, 6.07) is 2.43. The van der Waals surface area contributed by atoms with Gasteiger partial charge in [-0.15, -0.1) is 0 Å². The van der Waals surface area contributed by atoms with Crippen molar-refractivity contribution in [1.29, 1.82) is 0 Å². The van der Waals surface area contributed by atoms with Crippen LogP contribution >= 0.6 is 0 Å². The molecular formula is C18H22N2O6. The molecule has 26 heavy (non-hydrogen) atoms. The molecule has 3 rings (SSSR count). The molecule has 0 saturated carbocycles. The summed E-state index contributed by atoms with van der Waals surface area (Å²) in [5, 5.41) is 22.7. The molecule has 0 spiro atoms. The standard InChI is InChI=1S/C18H22N2O6/c1-11-13(10-16(23)19-2-3-20-4-6-25-7-5-20)18(24)26-15-9-12(21)8-14(22)17(11)15/h8-9,21-22H,2-7,10H2,1H3,(H,19,23). The van der Waals surface area contributed by atoms with E-state index in [9.17, 15) is 19.8 Å². The Morgan fingerprint density at radius 1 is 1.27 bits per heavy atom. The number of hydrogen-bond acceptors (Lipinski definition) is 7. The highest BCUT2D eigenvalue weighted by Gasteiger charge is 2.18. The minimum absolute atomic E-state index is 0.0847. The first kappa shape index (κ1) is 18.2. The summed E-state index contributed by atoms with van der Waals surface area (Å²) in [6.07, 6.45) is -0.131. The van der Waals surface area contributed by atoms with Gasteiger partial charge in [0.2, 0.25) is 5.91 Å². The minimum atomic E-state index is -0.650. The van der Waals surface area contributed by atoms with E-state index in [1.807, 2.05) is 0 Å². The number of carbonyl (C=O) groups is 1. The topological polar surface area (TPSA) is 112 Å². The number of amides is 1. The Bertz CT molecular complexity index is 870. The molecule has 1 fully saturated rings. The molecule has 1 aromatic carbocycles. The molecule has 3 N–H and O–H groups in total. The van der Waals surface area contributed by atoms with E-state index in [1.165, 1.54) is 12.1 Å². The number of morpholine rings is 1. The van der Waals surface area contributed by atoms with Gasteiger partial charge in [0.1, 0.15) is 17.1 Å². The molecule has 2 aromatic rings. The van der Waals surface area contributed by atoms with Crippen LogP contribution in [0.3, 0.4) is 0 Å². The summed E-state index contributed by atoms with van der Waals surface area (Å²) in [5.41, 5.74) is 0.101. The fraction of sp³-hybridized carbons (Fsp3) is 0.444. The zero-order chi connectivity index (χ0) is 18.7. The summed E-state index contributed by atoms with van der Waals surface area (Å²) in [6.45, 7) is 5.93. The third-order valence-electron chi connectivity index (χ3n) is 4.53. The number of ether oxygens (including phenoxy) is 1. The molecule has 1 amide bonds. The number of phenolic OH excluding ortho intramolecular Hbond substituents is 2. The first-order valence-corrected chi connectivity index (χ1v) is 8.51. The molecule has 8 nitrogen and oxygen atoms in total. The number of rotatable bonds is 5. The molecule has 2 heterocycles. The fourth-order valence-corrected chi connectivity index (χ4v) is 3.12. The van der Waals surface area contributed by atoms with E-state index in [1.54, 1.807) is 6.92 Å². The predicted octanol–water partition coefficient (Wildman–Crippen LogP) is 0.504. The number of phenols is 2. The lowest BCUT2D eigenvalue weighted by Crippen LogP contribution is -2.41. The summed E-state index contributed by atoms with van der Waals surface area (Å²) in [5.74, 6) is -0.687. The molecule has 0 aliphatic carbocycles. The van der Waals surface area contributed by atoms with Gasteiger partial charge in [-0.3, -0.25) is 9.69 Å². The van der Waals surface area contributed by atoms with E-state index in [4.69, 9.17) is 9.15 Å². The van der Waals surface area contributed by atoms with Gasteiger partial charge >= 0.3 is 5.63 Å². The normalized spacial score (nSPS) is 15.3. The number of nitrogens with zero attached hydrogens (tertiary/aromatic N) is 1. The van der Waals surface area contributed by atoms with Crippen LogP contribution in [0.4, 0.5) is 0 Å². The highest BCUT2D eigenvalue weighted by molar-refractivity contribution is 5.89. The highest BCUT2D eigenvalue weighted by atomic mass is 16.5. The zero-order valence-electron chi connectivity index (χ0n) is 14.6. The van der Waals surface area contributed by atoms with Crippen molar-refractivity contribution in [1.82, 2.24) is 10.2 Å². The van der Waals surface area contributed by atoms with Crippen molar-refractivity contribution in [3.63, 3.8) is 0 Å². The lowest BCUT2D eigenvalue weighted by atomic mass is 10.0. The van der Waals surface area contributed by atoms with Crippen molar-refractivity contribution in [3.05, 3.63) is 33.7 Å². The first-order chi connectivity index (χ1) is 12.5. The fourth-order valence-electron chi connectivity index (χ4n) is 3.12. The number of fused-ring (bicyclic) bond motifs is 1. The maximum Gasteiger partial charge on any atom is 0.340 e. The number of benzene rings is 1. The van der Waals surface area contributed by atoms with E-state index in [2.05, 4.69) is 10.2 Å². The van der Waals surface area contributed by atoms with Crippen LogP contribution in [0.25, 0.3) is 11.0 Å². The van der Waals surface area contributed by atoms with Crippen LogP contribution < -0.4 is 10.9 Å². The quantitative estimate of drug-likeness (QED) is 0.664. The van der Waals surface area contributed by atoms with Gasteiger partial charge in [-0.25, -0.2) is 4.79 Å². The largest absolute Gasteiger partial charge is 0.508 e. The first-order valence-electron chi connectivity index (χ1n) is 8.51. The van der Waals surface area contributed by atoms with Crippen molar-refractivity contribution in [2.45, 2.75) is 13.3 Å². The molecule has 1 aliphatic rings. The summed E-state index contributed by atoms with van der Waals surface area (Å²) >= 11 is 0. The number of aromatic hydroxyl groups is 2. The van der Waals surface area contributed by atoms with Crippen LogP contribution in [0.5, 0.6) is 11.5 Å². The number of carbonyl (C=O) groups excluding carboxylic acids is 1. The lowest BCUT2D eigenvalue weighted by Gasteiger charge is -2.26. The van der Waals surface area contributed by atoms with Gasteiger partial charge in [0.25, 0.3) is 0 Å². The van der Waals surface area contributed by atoms with E-state index in [0.29, 0.717) is 30.7 Å². The van der Waals surface area contributed by atoms with E-state index < -0.39 is 5.63 Å². The summed E-state index contributed by atoms with van der Waals surface area (Å²) in [4.78, 5) is 26.6. The molecule has 0 unspecified atom stereocenters. The molecule has 8 heteroatoms. The van der Waals surface area contributed by atoms with Crippen LogP contribution in [-0.4, -0.2) is 60.4 Å². The van der Waals surface area contributed by atoms with Crippen LogP contribution in [0.2, 0.25) is 0 Å². The van der Waals surface area contributed by atoms with Gasteiger partial charge in [0, 0.05) is 38.3 Å². The van der Waals surface area contributed by atoms with Gasteiger partial charge in [0.15, 0.2) is 0 Å². The Labute approximate surface area is 150 Å². The van der Waals surface area contributed by atoms with Gasteiger partial charge in [-0.05, 0) is 12.5 Å². The molecule has 1 aliphatic heterocycles. The van der Waals surface area contributed by atoms with Crippen LogP contribution in [0, 0.1) is 6.92 Å². The zero-order valence-corrected chi connectivity index (χ0v) is 14.6. The van der Waals surface area contributed by atoms with Gasteiger partial charge in [-0.1, -0.05) is 0 Å². The lowest BCUT2D eigenvalue weighted by molar-refractivity contribution is -0.120. The Hall–Kier alpha value is -2.58. The van der Waals surface area contributed by atoms with Crippen molar-refractivity contribution in [2.24, 2.45) is 0 Å². The SMILES string of the molecule is Cc1c(CC(=O)NCCN2CCOCC2)c(=O)oc2cc(O)cc(O)c12. The third kappa shape index (κ3) is 3.97. The molecule has 140 valence electrons. The van der Waals surface area contributed by atoms with Crippen molar-refractivity contribution in [3.8, 4) is 11.5 Å². The average molecular weight is 362 g/mol. The maximum atomic E-state index is 12.2. The second-order valence-electron chi connectivity index (χ2n) is 6.31. The third-order valence-corrected chi connectivity index (χ3v) is 4.53. The Kier molecular flexibility index (Phi) is 5.43. The Morgan fingerprint density at radius 3 is 2.73 bits per heavy atom. The summed E-state index contributed by atoms with van der Waals surface area (Å²) < 4.78 is 10.4. The monoisotopic (exact) mass is 362 g/mol. The average Bonchev–Trinajstić information content (AvgIpc) is 2.58. The number of hydrogen-bond donors (Lipinski definition) is 3. The van der Waals surface area contributed by atoms with Gasteiger partial charge < -0.3 is 24.7 Å². The van der Waals surface area contributed by atoms with Crippen LogP contribution in [-0.2, 0) is 16.0 Å². The molecule has 0 radical (unpaired) electrons. The van der Waals surface area contributed by atoms with Crippen molar-refractivity contribution >= 4 is 16.9 Å². The number of nitrogens with one attached hydrogen (secondary N) is 1. The van der Waals surface area contributed by atoms with Gasteiger partial charge in [-0.2, -0.15) is 0 Å². The summed E-state index contributed by atoms with van der Waals surface area (Å²) in [7, 11) is 0. The Morgan fingerprint density at radius 2 is 2.00 bits per heavy atom. The smallest absolute Gasteiger partial charge is 0.340 e. The van der Waals surface area contributed by atoms with Crippen molar-refractivity contribution < 1.29 is 24.2 Å². The second-order valence-corrected chi connectivity index (χ2v) is 6.31. The van der Waals surface area contributed by atoms with E-state index in [0.717, 1.165) is 19.6 Å². The maximum absolute atomic E-state index is 12.2. The molecular weight excluding hydrogens is 340 g/mol. The predicted molar refractivity (Wildman–Crippen MR) is 94.5 cm³/mol. The Balaban J connectivity index is 1.69. The van der Waals surface area contributed by atoms with Crippen LogP contribution in [0.15, 0.2) is 21.3 Å². The molecule has 0 atom stereocenters. The van der Waals surface area contributed by atoms with E-state index in [-0.39, 0.29) is 35.0 Å². The molecule has 1 saturated heterocycles. The van der Waals surface area contributed by atoms with Crippen molar-refractivity contribution in [2.75, 3.05) is 39.4 Å². The van der Waals surface area contributed by atoms with Crippen LogP contribution in [0.1, 0.15) is 11.1 Å². The molecule has 0 bridgehead atoms. The van der Waals surface area contributed by atoms with E-state index >= 15 is 0 Å². The second kappa shape index (κ2) is 7.76. The molecule has 1 aromatic heterocycles. The number of aryl methyl sites for hydroxylation is 1. The van der Waals surface area contributed by atoms with Gasteiger partial charge in [0.05, 0.1) is 30.6 Å². The minimum Gasteiger partial charge on any atom is -0.508 e.